The second kappa shape index (κ2) is 8.28. The summed E-state index contributed by atoms with van der Waals surface area (Å²) >= 11 is 0. The van der Waals surface area contributed by atoms with Crippen molar-refractivity contribution in [2.75, 3.05) is 6.54 Å². The van der Waals surface area contributed by atoms with Crippen LogP contribution < -0.4 is 5.73 Å². The number of aromatic nitrogens is 1. The number of pyridine rings is 1. The van der Waals surface area contributed by atoms with E-state index < -0.39 is 0 Å². The Morgan fingerprint density at radius 3 is 2.26 bits per heavy atom. The molecule has 2 unspecified atom stereocenters. The normalized spacial score (nSPS) is 14.9. The number of rotatable bonds is 8. The van der Waals surface area contributed by atoms with E-state index in [1.807, 2.05) is 12.4 Å². The van der Waals surface area contributed by atoms with Crippen LogP contribution in [-0.4, -0.2) is 28.5 Å². The van der Waals surface area contributed by atoms with Crippen LogP contribution in [0, 0.1) is 0 Å². The predicted octanol–water partition coefficient (Wildman–Crippen LogP) is 3.37. The van der Waals surface area contributed by atoms with E-state index in [4.69, 9.17) is 5.73 Å². The van der Waals surface area contributed by atoms with Gasteiger partial charge >= 0.3 is 0 Å². The van der Waals surface area contributed by atoms with E-state index in [2.05, 4.69) is 49.7 Å². The lowest BCUT2D eigenvalue weighted by molar-refractivity contribution is 0.133. The number of hydrogen-bond donors (Lipinski definition) is 1. The van der Waals surface area contributed by atoms with Crippen LogP contribution in [0.2, 0.25) is 0 Å². The maximum atomic E-state index is 6.25. The van der Waals surface area contributed by atoms with Gasteiger partial charge in [0.1, 0.15) is 0 Å². The standard InChI is InChI=1S/C16H29N3/c1-5-6-7-12-19(13(2)3)16(14(4)17)15-8-10-18-11-9-15/h8-11,13-14,16H,5-7,12,17H2,1-4H3. The van der Waals surface area contributed by atoms with Gasteiger partial charge in [0.05, 0.1) is 0 Å². The quantitative estimate of drug-likeness (QED) is 0.731. The molecular weight excluding hydrogens is 234 g/mol. The second-order valence-electron chi connectivity index (χ2n) is 5.62. The monoisotopic (exact) mass is 263 g/mol. The molecule has 0 aliphatic rings. The predicted molar refractivity (Wildman–Crippen MR) is 82.0 cm³/mol. The zero-order chi connectivity index (χ0) is 14.3. The first kappa shape index (κ1) is 16.1. The Morgan fingerprint density at radius 1 is 1.16 bits per heavy atom. The van der Waals surface area contributed by atoms with Gasteiger partial charge in [-0.25, -0.2) is 0 Å². The number of unbranched alkanes of at least 4 members (excludes halogenated alkanes) is 2. The molecule has 0 aliphatic heterocycles. The summed E-state index contributed by atoms with van der Waals surface area (Å²) in [6.45, 7) is 9.96. The third-order valence-corrected chi connectivity index (χ3v) is 3.59. The topological polar surface area (TPSA) is 42.2 Å². The Balaban J connectivity index is 2.87. The molecule has 0 spiro atoms. The van der Waals surface area contributed by atoms with Crippen molar-refractivity contribution >= 4 is 0 Å². The lowest BCUT2D eigenvalue weighted by atomic mass is 9.98. The van der Waals surface area contributed by atoms with E-state index in [1.165, 1.54) is 24.8 Å². The van der Waals surface area contributed by atoms with Crippen LogP contribution >= 0.6 is 0 Å². The minimum atomic E-state index is 0.117. The Labute approximate surface area is 118 Å². The van der Waals surface area contributed by atoms with Gasteiger partial charge in [0, 0.05) is 30.5 Å². The SMILES string of the molecule is CCCCCN(C(C)C)C(c1ccncc1)C(C)N. The van der Waals surface area contributed by atoms with Crippen molar-refractivity contribution in [3.05, 3.63) is 30.1 Å². The molecule has 1 rings (SSSR count). The molecule has 0 saturated heterocycles. The average molecular weight is 263 g/mol. The summed E-state index contributed by atoms with van der Waals surface area (Å²) in [5.41, 5.74) is 7.52. The maximum absolute atomic E-state index is 6.25. The number of hydrogen-bond acceptors (Lipinski definition) is 3. The average Bonchev–Trinajstić information content (AvgIpc) is 2.38. The molecule has 2 N–H and O–H groups in total. The first-order valence-electron chi connectivity index (χ1n) is 7.49. The summed E-state index contributed by atoms with van der Waals surface area (Å²) in [4.78, 5) is 6.63. The van der Waals surface area contributed by atoms with E-state index in [9.17, 15) is 0 Å². The van der Waals surface area contributed by atoms with Crippen LogP contribution in [0.5, 0.6) is 0 Å². The maximum Gasteiger partial charge on any atom is 0.0500 e. The highest BCUT2D eigenvalue weighted by molar-refractivity contribution is 5.17. The lowest BCUT2D eigenvalue weighted by Crippen LogP contribution is -2.43. The summed E-state index contributed by atoms with van der Waals surface area (Å²) in [6.07, 6.45) is 7.49. The lowest BCUT2D eigenvalue weighted by Gasteiger charge is -2.37. The first-order valence-corrected chi connectivity index (χ1v) is 7.49. The van der Waals surface area contributed by atoms with Gasteiger partial charge in [-0.2, -0.15) is 0 Å². The van der Waals surface area contributed by atoms with E-state index in [0.29, 0.717) is 6.04 Å². The van der Waals surface area contributed by atoms with E-state index in [-0.39, 0.29) is 12.1 Å². The van der Waals surface area contributed by atoms with Crippen molar-refractivity contribution in [1.82, 2.24) is 9.88 Å². The van der Waals surface area contributed by atoms with Gasteiger partial charge in [-0.05, 0) is 51.4 Å². The van der Waals surface area contributed by atoms with Gasteiger partial charge in [0.15, 0.2) is 0 Å². The Kier molecular flexibility index (Phi) is 7.03. The third-order valence-electron chi connectivity index (χ3n) is 3.59. The summed E-state index contributed by atoms with van der Waals surface area (Å²) in [5.74, 6) is 0. The van der Waals surface area contributed by atoms with Gasteiger partial charge in [0.2, 0.25) is 0 Å². The Morgan fingerprint density at radius 2 is 1.79 bits per heavy atom. The molecule has 0 fully saturated rings. The van der Waals surface area contributed by atoms with Crippen LogP contribution in [0.4, 0.5) is 0 Å². The molecule has 0 aromatic carbocycles. The van der Waals surface area contributed by atoms with Gasteiger partial charge in [-0.3, -0.25) is 9.88 Å². The van der Waals surface area contributed by atoms with Crippen molar-refractivity contribution < 1.29 is 0 Å². The zero-order valence-electron chi connectivity index (χ0n) is 12.8. The van der Waals surface area contributed by atoms with Crippen molar-refractivity contribution in [2.24, 2.45) is 5.73 Å². The van der Waals surface area contributed by atoms with Gasteiger partial charge in [0.25, 0.3) is 0 Å². The summed E-state index contributed by atoms with van der Waals surface area (Å²) in [6, 6.07) is 5.07. The van der Waals surface area contributed by atoms with Gasteiger partial charge in [-0.1, -0.05) is 19.8 Å². The molecule has 1 heterocycles. The van der Waals surface area contributed by atoms with Crippen LogP contribution in [0.15, 0.2) is 24.5 Å². The zero-order valence-corrected chi connectivity index (χ0v) is 12.8. The summed E-state index contributed by atoms with van der Waals surface area (Å²) in [5, 5.41) is 0. The number of nitrogens with two attached hydrogens (primary N) is 1. The van der Waals surface area contributed by atoms with E-state index in [1.54, 1.807) is 0 Å². The molecule has 1 aromatic rings. The minimum absolute atomic E-state index is 0.117. The molecule has 0 amide bonds. The van der Waals surface area contributed by atoms with Crippen molar-refractivity contribution in [2.45, 2.75) is 65.1 Å². The highest BCUT2D eigenvalue weighted by Crippen LogP contribution is 2.25. The third kappa shape index (κ3) is 4.92. The first-order chi connectivity index (χ1) is 9.07. The van der Waals surface area contributed by atoms with Gasteiger partial charge < -0.3 is 5.73 Å². The van der Waals surface area contributed by atoms with Crippen LogP contribution in [0.25, 0.3) is 0 Å². The highest BCUT2D eigenvalue weighted by atomic mass is 15.2. The van der Waals surface area contributed by atoms with Gasteiger partial charge in [-0.15, -0.1) is 0 Å². The largest absolute Gasteiger partial charge is 0.326 e. The fraction of sp³-hybridized carbons (Fsp3) is 0.688. The van der Waals surface area contributed by atoms with Crippen LogP contribution in [0.3, 0.4) is 0 Å². The summed E-state index contributed by atoms with van der Waals surface area (Å²) in [7, 11) is 0. The van der Waals surface area contributed by atoms with Crippen LogP contribution in [0.1, 0.15) is 58.6 Å². The van der Waals surface area contributed by atoms with E-state index in [0.717, 1.165) is 6.54 Å². The number of nitrogens with zero attached hydrogens (tertiary/aromatic N) is 2. The van der Waals surface area contributed by atoms with E-state index >= 15 is 0 Å². The summed E-state index contributed by atoms with van der Waals surface area (Å²) < 4.78 is 0. The minimum Gasteiger partial charge on any atom is -0.326 e. The fourth-order valence-corrected chi connectivity index (χ4v) is 2.62. The Hall–Kier alpha value is -0.930. The molecule has 0 bridgehead atoms. The molecule has 2 atom stereocenters. The molecular formula is C16H29N3. The van der Waals surface area contributed by atoms with Crippen LogP contribution in [-0.2, 0) is 0 Å². The molecule has 1 aromatic heterocycles. The smallest absolute Gasteiger partial charge is 0.0500 e. The Bertz CT molecular complexity index is 335. The molecule has 3 heteroatoms. The van der Waals surface area contributed by atoms with Crippen molar-refractivity contribution in [3.8, 4) is 0 Å². The molecule has 19 heavy (non-hydrogen) atoms. The highest BCUT2D eigenvalue weighted by Gasteiger charge is 2.25. The molecule has 0 radical (unpaired) electrons. The molecule has 0 aliphatic carbocycles. The second-order valence-corrected chi connectivity index (χ2v) is 5.62. The van der Waals surface area contributed by atoms with Crippen molar-refractivity contribution in [3.63, 3.8) is 0 Å². The molecule has 0 saturated carbocycles. The fourth-order valence-electron chi connectivity index (χ4n) is 2.62. The van der Waals surface area contributed by atoms with Crippen molar-refractivity contribution in [1.29, 1.82) is 0 Å². The molecule has 3 nitrogen and oxygen atoms in total. The molecule has 108 valence electrons.